The van der Waals surface area contributed by atoms with E-state index in [1.54, 1.807) is 10.9 Å². The summed E-state index contributed by atoms with van der Waals surface area (Å²) in [5.74, 6) is -0.262. The second-order valence-electron chi connectivity index (χ2n) is 4.06. The van der Waals surface area contributed by atoms with Gasteiger partial charge in [0.05, 0.1) is 12.5 Å². The van der Waals surface area contributed by atoms with E-state index in [2.05, 4.69) is 20.5 Å². The Kier molecular flexibility index (Phi) is 3.26. The molecule has 0 spiro atoms. The Morgan fingerprint density at radius 1 is 1.25 bits per heavy atom. The second-order valence-corrected chi connectivity index (χ2v) is 5.25. The van der Waals surface area contributed by atoms with Crippen LogP contribution in [0.2, 0.25) is 0 Å². The van der Waals surface area contributed by atoms with Crippen LogP contribution in [-0.4, -0.2) is 25.7 Å². The third-order valence-corrected chi connectivity index (χ3v) is 3.41. The minimum atomic E-state index is -0.262. The summed E-state index contributed by atoms with van der Waals surface area (Å²) in [6, 6.07) is 9.56. The Morgan fingerprint density at radius 3 is 2.75 bits per heavy atom. The molecular formula is C13H11N5OS. The number of para-hydroxylation sites is 1. The van der Waals surface area contributed by atoms with Gasteiger partial charge in [-0.15, -0.1) is 10.2 Å². The van der Waals surface area contributed by atoms with Crippen LogP contribution in [0.25, 0.3) is 5.69 Å². The molecule has 6 nitrogen and oxygen atoms in total. The zero-order valence-corrected chi connectivity index (χ0v) is 11.5. The Labute approximate surface area is 119 Å². The summed E-state index contributed by atoms with van der Waals surface area (Å²) in [5.41, 5.74) is 1.33. The van der Waals surface area contributed by atoms with Crippen LogP contribution in [-0.2, 0) is 0 Å². The highest BCUT2D eigenvalue weighted by atomic mass is 32.1. The highest BCUT2D eigenvalue weighted by molar-refractivity contribution is 7.15. The first-order valence-electron chi connectivity index (χ1n) is 5.93. The van der Waals surface area contributed by atoms with Crippen molar-refractivity contribution in [3.63, 3.8) is 0 Å². The van der Waals surface area contributed by atoms with E-state index in [-0.39, 0.29) is 5.91 Å². The number of hydrogen-bond acceptors (Lipinski definition) is 5. The van der Waals surface area contributed by atoms with E-state index in [4.69, 9.17) is 0 Å². The molecule has 1 N–H and O–H groups in total. The van der Waals surface area contributed by atoms with Crippen LogP contribution in [0.4, 0.5) is 5.13 Å². The van der Waals surface area contributed by atoms with Gasteiger partial charge in [-0.1, -0.05) is 29.5 Å². The maximum Gasteiger partial charge on any atom is 0.276 e. The number of aromatic nitrogens is 4. The Balaban J connectivity index is 1.88. The van der Waals surface area contributed by atoms with Crippen LogP contribution >= 0.6 is 11.3 Å². The number of amides is 1. The van der Waals surface area contributed by atoms with Crippen molar-refractivity contribution in [1.82, 2.24) is 19.7 Å². The number of rotatable bonds is 3. The van der Waals surface area contributed by atoms with Crippen LogP contribution in [0.5, 0.6) is 0 Å². The van der Waals surface area contributed by atoms with Crippen LogP contribution in [0.3, 0.4) is 0 Å². The zero-order valence-electron chi connectivity index (χ0n) is 10.6. The van der Waals surface area contributed by atoms with Crippen LogP contribution in [0.1, 0.15) is 15.5 Å². The molecule has 3 aromatic rings. The lowest BCUT2D eigenvalue weighted by Crippen LogP contribution is -2.15. The lowest BCUT2D eigenvalue weighted by atomic mass is 10.3. The lowest BCUT2D eigenvalue weighted by Gasteiger charge is -2.06. The van der Waals surface area contributed by atoms with Crippen molar-refractivity contribution in [2.24, 2.45) is 0 Å². The summed E-state index contributed by atoms with van der Waals surface area (Å²) in [5, 5.41) is 11.7. The molecule has 0 atom stereocenters. The monoisotopic (exact) mass is 285 g/mol. The fraction of sp³-hybridized carbons (Fsp3) is 0.0769. The molecule has 0 saturated carbocycles. The second kappa shape index (κ2) is 5.22. The number of nitrogens with one attached hydrogen (secondary N) is 1. The first kappa shape index (κ1) is 12.5. The fourth-order valence-corrected chi connectivity index (χ4v) is 2.35. The van der Waals surface area contributed by atoms with Gasteiger partial charge in [-0.2, -0.15) is 0 Å². The molecule has 0 aliphatic rings. The van der Waals surface area contributed by atoms with Crippen molar-refractivity contribution in [3.8, 4) is 5.69 Å². The molecule has 0 bridgehead atoms. The van der Waals surface area contributed by atoms with Gasteiger partial charge < -0.3 is 0 Å². The highest BCUT2D eigenvalue weighted by Gasteiger charge is 2.14. The van der Waals surface area contributed by atoms with Crippen molar-refractivity contribution in [2.75, 3.05) is 5.32 Å². The Morgan fingerprint density at radius 2 is 2.05 bits per heavy atom. The summed E-state index contributed by atoms with van der Waals surface area (Å²) in [6.07, 6.45) is 3.13. The van der Waals surface area contributed by atoms with E-state index in [0.29, 0.717) is 10.8 Å². The molecule has 0 aliphatic heterocycles. The molecule has 0 radical (unpaired) electrons. The molecule has 0 saturated heterocycles. The van der Waals surface area contributed by atoms with Crippen LogP contribution in [0, 0.1) is 6.92 Å². The third kappa shape index (κ3) is 2.43. The maximum atomic E-state index is 12.2. The quantitative estimate of drug-likeness (QED) is 0.801. The average Bonchev–Trinajstić information content (AvgIpc) is 3.09. The predicted octanol–water partition coefficient (Wildman–Crippen LogP) is 2.28. The van der Waals surface area contributed by atoms with Gasteiger partial charge in [-0.05, 0) is 19.1 Å². The number of anilines is 1. The van der Waals surface area contributed by atoms with E-state index in [9.17, 15) is 4.79 Å². The van der Waals surface area contributed by atoms with Gasteiger partial charge in [0.2, 0.25) is 5.13 Å². The molecule has 0 unspecified atom stereocenters. The van der Waals surface area contributed by atoms with Gasteiger partial charge in [0.25, 0.3) is 5.91 Å². The first-order chi connectivity index (χ1) is 9.74. The third-order valence-electron chi connectivity index (χ3n) is 2.65. The maximum absolute atomic E-state index is 12.2. The zero-order chi connectivity index (χ0) is 13.9. The molecule has 0 fully saturated rings. The summed E-state index contributed by atoms with van der Waals surface area (Å²) < 4.78 is 1.73. The van der Waals surface area contributed by atoms with Gasteiger partial charge in [-0.25, -0.2) is 4.98 Å². The number of imidazole rings is 1. The van der Waals surface area contributed by atoms with Crippen molar-refractivity contribution in [2.45, 2.75) is 6.92 Å². The normalized spacial score (nSPS) is 10.4. The largest absolute Gasteiger partial charge is 0.295 e. The van der Waals surface area contributed by atoms with E-state index in [1.165, 1.54) is 17.5 Å². The predicted molar refractivity (Wildman–Crippen MR) is 76.2 cm³/mol. The molecule has 1 amide bonds. The van der Waals surface area contributed by atoms with Crippen LogP contribution in [0.15, 0.2) is 42.9 Å². The van der Waals surface area contributed by atoms with Crippen molar-refractivity contribution < 1.29 is 4.79 Å². The van der Waals surface area contributed by atoms with Gasteiger partial charge >= 0.3 is 0 Å². The van der Waals surface area contributed by atoms with Crippen molar-refractivity contribution in [3.05, 3.63) is 53.6 Å². The number of aryl methyl sites for hydroxylation is 1. The molecule has 3 rings (SSSR count). The molecule has 7 heteroatoms. The molecular weight excluding hydrogens is 274 g/mol. The number of carbonyl (C=O) groups is 1. The average molecular weight is 285 g/mol. The summed E-state index contributed by atoms with van der Waals surface area (Å²) in [7, 11) is 0. The molecule has 2 aromatic heterocycles. The molecule has 20 heavy (non-hydrogen) atoms. The van der Waals surface area contributed by atoms with Crippen molar-refractivity contribution in [1.29, 1.82) is 0 Å². The summed E-state index contributed by atoms with van der Waals surface area (Å²) in [6.45, 7) is 1.83. The molecule has 1 aromatic carbocycles. The highest BCUT2D eigenvalue weighted by Crippen LogP contribution is 2.16. The molecule has 100 valence electrons. The van der Waals surface area contributed by atoms with Gasteiger partial charge in [0.15, 0.2) is 0 Å². The molecule has 2 heterocycles. The Hall–Kier alpha value is -2.54. The fourth-order valence-electron chi connectivity index (χ4n) is 1.77. The number of benzene rings is 1. The van der Waals surface area contributed by atoms with E-state index in [1.807, 2.05) is 37.3 Å². The minimum Gasteiger partial charge on any atom is -0.295 e. The van der Waals surface area contributed by atoms with Gasteiger partial charge in [0, 0.05) is 5.69 Å². The van der Waals surface area contributed by atoms with Gasteiger partial charge in [-0.3, -0.25) is 14.7 Å². The topological polar surface area (TPSA) is 72.7 Å². The van der Waals surface area contributed by atoms with Gasteiger partial charge in [0.1, 0.15) is 10.7 Å². The lowest BCUT2D eigenvalue weighted by molar-refractivity contribution is 0.102. The van der Waals surface area contributed by atoms with E-state index < -0.39 is 0 Å². The SMILES string of the molecule is Cc1nnc(NC(=O)c2cncn2-c2ccccc2)s1. The number of hydrogen-bond donors (Lipinski definition) is 1. The number of nitrogens with zero attached hydrogens (tertiary/aromatic N) is 4. The standard InChI is InChI=1S/C13H11N5OS/c1-9-16-17-13(20-9)15-12(19)11-7-14-8-18(11)10-5-3-2-4-6-10/h2-8H,1H3,(H,15,17,19). The van der Waals surface area contributed by atoms with Crippen molar-refractivity contribution >= 4 is 22.4 Å². The Bertz CT molecular complexity index is 734. The first-order valence-corrected chi connectivity index (χ1v) is 6.75. The number of carbonyl (C=O) groups excluding carboxylic acids is 1. The molecule has 0 aliphatic carbocycles. The van der Waals surface area contributed by atoms with Crippen LogP contribution < -0.4 is 5.32 Å². The van der Waals surface area contributed by atoms with E-state index in [0.717, 1.165) is 10.7 Å². The smallest absolute Gasteiger partial charge is 0.276 e. The van der Waals surface area contributed by atoms with E-state index >= 15 is 0 Å². The minimum absolute atomic E-state index is 0.262. The summed E-state index contributed by atoms with van der Waals surface area (Å²) >= 11 is 1.33. The summed E-state index contributed by atoms with van der Waals surface area (Å²) in [4.78, 5) is 16.3.